The molecule has 1 aliphatic heterocycles. The van der Waals surface area contributed by atoms with Crippen LogP contribution in [0, 0.1) is 0 Å². The number of nitrogens with zero attached hydrogens (tertiary/aromatic N) is 1. The summed E-state index contributed by atoms with van der Waals surface area (Å²) >= 11 is 0. The Hall–Kier alpha value is -1.52. The van der Waals surface area contributed by atoms with Gasteiger partial charge in [-0.15, -0.1) is 0 Å². The molecule has 0 spiro atoms. The number of hydrogen-bond donors (Lipinski definition) is 0. The minimum atomic E-state index is -0.435. The molecule has 0 amide bonds. The van der Waals surface area contributed by atoms with Crippen LogP contribution < -0.4 is 0 Å². The molecule has 0 saturated carbocycles. The van der Waals surface area contributed by atoms with Crippen molar-refractivity contribution in [2.75, 3.05) is 20.8 Å². The first kappa shape index (κ1) is 9.57. The van der Waals surface area contributed by atoms with E-state index in [4.69, 9.17) is 0 Å². The van der Waals surface area contributed by atoms with Crippen molar-refractivity contribution in [3.8, 4) is 0 Å². The van der Waals surface area contributed by atoms with E-state index in [0.717, 1.165) is 0 Å². The predicted octanol–water partition coefficient (Wildman–Crippen LogP) is -0.470. The summed E-state index contributed by atoms with van der Waals surface area (Å²) in [6, 6.07) is -0.231. The average molecular weight is 185 g/mol. The Balaban J connectivity index is 2.32. The number of carbonyl (C=O) groups excluding carboxylic acids is 2. The van der Waals surface area contributed by atoms with Gasteiger partial charge in [0.05, 0.1) is 14.2 Å². The van der Waals surface area contributed by atoms with Gasteiger partial charge in [-0.2, -0.15) is 0 Å². The molecule has 5 nitrogen and oxygen atoms in total. The first-order valence-electron chi connectivity index (χ1n) is 3.78. The number of methoxy groups -OCH3 is 2. The molecule has 13 heavy (non-hydrogen) atoms. The zero-order chi connectivity index (χ0) is 9.84. The second-order valence-corrected chi connectivity index (χ2v) is 2.57. The van der Waals surface area contributed by atoms with Gasteiger partial charge in [0.25, 0.3) is 0 Å². The second kappa shape index (κ2) is 3.93. The van der Waals surface area contributed by atoms with Crippen LogP contribution in [0.3, 0.4) is 0 Å². The molecule has 0 radical (unpaired) electrons. The van der Waals surface area contributed by atoms with Crippen LogP contribution in [0.1, 0.15) is 0 Å². The van der Waals surface area contributed by atoms with Crippen molar-refractivity contribution >= 4 is 11.9 Å². The maximum absolute atomic E-state index is 10.9. The molecule has 1 saturated heterocycles. The Kier molecular flexibility index (Phi) is 2.89. The van der Waals surface area contributed by atoms with Gasteiger partial charge in [-0.1, -0.05) is 0 Å². The maximum atomic E-state index is 10.9. The van der Waals surface area contributed by atoms with Crippen molar-refractivity contribution in [3.63, 3.8) is 0 Å². The van der Waals surface area contributed by atoms with E-state index in [9.17, 15) is 9.59 Å². The lowest BCUT2D eigenvalue weighted by Gasteiger charge is -1.96. The van der Waals surface area contributed by atoms with Crippen LogP contribution in [-0.2, 0) is 19.1 Å². The summed E-state index contributed by atoms with van der Waals surface area (Å²) in [4.78, 5) is 23.2. The summed E-state index contributed by atoms with van der Waals surface area (Å²) in [5, 5.41) is 0. The third kappa shape index (κ3) is 2.47. The van der Waals surface area contributed by atoms with Gasteiger partial charge in [-0.25, -0.2) is 9.59 Å². The quantitative estimate of drug-likeness (QED) is 0.338. The molecule has 1 rings (SSSR count). The number of hydrogen-bond acceptors (Lipinski definition) is 5. The zero-order valence-corrected chi connectivity index (χ0v) is 7.52. The van der Waals surface area contributed by atoms with Crippen molar-refractivity contribution in [2.24, 2.45) is 0 Å². The van der Waals surface area contributed by atoms with Crippen molar-refractivity contribution < 1.29 is 19.1 Å². The maximum Gasteiger partial charge on any atom is 0.331 e. The van der Waals surface area contributed by atoms with Gasteiger partial charge in [-0.05, 0) is 0 Å². The highest BCUT2D eigenvalue weighted by molar-refractivity contribution is 5.83. The van der Waals surface area contributed by atoms with E-state index in [-0.39, 0.29) is 12.0 Å². The van der Waals surface area contributed by atoms with Crippen LogP contribution in [0.5, 0.6) is 0 Å². The third-order valence-corrected chi connectivity index (χ3v) is 1.73. The Morgan fingerprint density at radius 1 is 1.38 bits per heavy atom. The van der Waals surface area contributed by atoms with E-state index >= 15 is 0 Å². The van der Waals surface area contributed by atoms with Gasteiger partial charge in [0, 0.05) is 18.8 Å². The first-order chi connectivity index (χ1) is 6.19. The smallest absolute Gasteiger partial charge is 0.331 e. The topological polar surface area (TPSA) is 55.6 Å². The van der Waals surface area contributed by atoms with Crippen LogP contribution in [0.4, 0.5) is 0 Å². The summed E-state index contributed by atoms with van der Waals surface area (Å²) in [5.41, 5.74) is 0. The van der Waals surface area contributed by atoms with E-state index in [1.54, 1.807) is 4.90 Å². The lowest BCUT2D eigenvalue weighted by Crippen LogP contribution is -2.12. The van der Waals surface area contributed by atoms with Gasteiger partial charge in [0.1, 0.15) is 6.04 Å². The fraction of sp³-hybridized carbons (Fsp3) is 0.500. The fourth-order valence-electron chi connectivity index (χ4n) is 0.888. The summed E-state index contributed by atoms with van der Waals surface area (Å²) in [6.45, 7) is 0.597. The molecule has 0 aromatic rings. The van der Waals surface area contributed by atoms with E-state index in [2.05, 4.69) is 9.47 Å². The van der Waals surface area contributed by atoms with Crippen molar-refractivity contribution in [2.45, 2.75) is 6.04 Å². The molecule has 0 aromatic carbocycles. The van der Waals surface area contributed by atoms with E-state index in [1.807, 2.05) is 0 Å². The normalized spacial score (nSPS) is 20.2. The van der Waals surface area contributed by atoms with Crippen molar-refractivity contribution in [3.05, 3.63) is 12.3 Å². The molecule has 1 unspecified atom stereocenters. The molecule has 0 bridgehead atoms. The third-order valence-electron chi connectivity index (χ3n) is 1.73. The molecule has 1 atom stereocenters. The molecule has 1 aliphatic rings. The van der Waals surface area contributed by atoms with Crippen LogP contribution in [0.25, 0.3) is 0 Å². The van der Waals surface area contributed by atoms with Crippen LogP contribution in [0.2, 0.25) is 0 Å². The first-order valence-corrected chi connectivity index (χ1v) is 3.78. The summed E-state index contributed by atoms with van der Waals surface area (Å²) in [5.74, 6) is -0.718. The second-order valence-electron chi connectivity index (χ2n) is 2.57. The standard InChI is InChI=1S/C8H11NO4/c1-12-7(10)3-4-9-5-6(9)8(11)13-2/h3-4,6H,5H2,1-2H3/b4-3+. The largest absolute Gasteiger partial charge is 0.467 e. The van der Waals surface area contributed by atoms with Crippen molar-refractivity contribution in [1.82, 2.24) is 4.90 Å². The minimum Gasteiger partial charge on any atom is -0.467 e. The Morgan fingerprint density at radius 2 is 2.08 bits per heavy atom. The Morgan fingerprint density at radius 3 is 2.62 bits per heavy atom. The molecule has 1 heterocycles. The van der Waals surface area contributed by atoms with Gasteiger partial charge in [-0.3, -0.25) is 0 Å². The molecule has 5 heteroatoms. The average Bonchev–Trinajstić information content (AvgIpc) is 2.92. The highest BCUT2D eigenvalue weighted by Crippen LogP contribution is 2.18. The lowest BCUT2D eigenvalue weighted by atomic mass is 10.5. The summed E-state index contributed by atoms with van der Waals surface area (Å²) < 4.78 is 8.89. The van der Waals surface area contributed by atoms with E-state index in [0.29, 0.717) is 6.54 Å². The van der Waals surface area contributed by atoms with Gasteiger partial charge < -0.3 is 14.4 Å². The zero-order valence-electron chi connectivity index (χ0n) is 7.52. The molecule has 0 aliphatic carbocycles. The minimum absolute atomic E-state index is 0.231. The molecule has 0 N–H and O–H groups in total. The van der Waals surface area contributed by atoms with Gasteiger partial charge in [0.15, 0.2) is 0 Å². The van der Waals surface area contributed by atoms with Crippen molar-refractivity contribution in [1.29, 1.82) is 0 Å². The molecular weight excluding hydrogens is 174 g/mol. The number of rotatable bonds is 3. The molecular formula is C8H11NO4. The van der Waals surface area contributed by atoms with Crippen LogP contribution in [-0.4, -0.2) is 43.6 Å². The highest BCUT2D eigenvalue weighted by atomic mass is 16.5. The SMILES string of the molecule is COC(=O)/C=C/N1CC1C(=O)OC. The van der Waals surface area contributed by atoms with E-state index < -0.39 is 5.97 Å². The Bertz CT molecular complexity index is 249. The van der Waals surface area contributed by atoms with Gasteiger partial charge >= 0.3 is 11.9 Å². The highest BCUT2D eigenvalue weighted by Gasteiger charge is 2.38. The van der Waals surface area contributed by atoms with Crippen LogP contribution >= 0.6 is 0 Å². The number of esters is 2. The van der Waals surface area contributed by atoms with Gasteiger partial charge in [0.2, 0.25) is 0 Å². The molecule has 0 aromatic heterocycles. The number of carbonyl (C=O) groups is 2. The lowest BCUT2D eigenvalue weighted by molar-refractivity contribution is -0.140. The molecule has 72 valence electrons. The van der Waals surface area contributed by atoms with Crippen LogP contribution in [0.15, 0.2) is 12.3 Å². The molecule has 1 fully saturated rings. The monoisotopic (exact) mass is 185 g/mol. The predicted molar refractivity (Wildman–Crippen MR) is 43.7 cm³/mol. The fourth-order valence-corrected chi connectivity index (χ4v) is 0.888. The number of ether oxygens (including phenoxy) is 2. The van der Waals surface area contributed by atoms with E-state index in [1.165, 1.54) is 26.5 Å². The summed E-state index contributed by atoms with van der Waals surface area (Å²) in [6.07, 6.45) is 2.79. The summed E-state index contributed by atoms with van der Waals surface area (Å²) in [7, 11) is 2.63. The Labute approximate surface area is 75.9 Å².